The minimum Gasteiger partial charge on any atom is -0.370 e. The number of carbonyl (C=O) groups excluding carboxylic acids is 2. The number of alkyl halides is 2. The largest absolute Gasteiger partial charge is 0.370 e. The van der Waals surface area contributed by atoms with Crippen LogP contribution in [0.1, 0.15) is 37.7 Å². The van der Waals surface area contributed by atoms with Gasteiger partial charge in [0.15, 0.2) is 4.33 Å². The predicted molar refractivity (Wildman–Crippen MR) is 89.2 cm³/mol. The van der Waals surface area contributed by atoms with Gasteiger partial charge in [-0.3, -0.25) is 9.59 Å². The number of anilines is 1. The first kappa shape index (κ1) is 17.1. The van der Waals surface area contributed by atoms with E-state index >= 15 is 0 Å². The van der Waals surface area contributed by atoms with Gasteiger partial charge in [0.25, 0.3) is 5.91 Å². The highest BCUT2D eigenvalue weighted by atomic mass is 35.5. The van der Waals surface area contributed by atoms with E-state index in [1.54, 1.807) is 4.90 Å². The Morgan fingerprint density at radius 2 is 1.91 bits per heavy atom. The summed E-state index contributed by atoms with van der Waals surface area (Å²) in [5.41, 5.74) is 7.09. The Hall–Kier alpha value is -1.26. The number of aryl methyl sites for hydroxylation is 1. The summed E-state index contributed by atoms with van der Waals surface area (Å²) in [6.07, 6.45) is 4.29. The third-order valence-electron chi connectivity index (χ3n) is 3.82. The molecule has 22 heavy (non-hydrogen) atoms. The highest BCUT2D eigenvalue weighted by molar-refractivity contribution is 6.59. The lowest BCUT2D eigenvalue weighted by molar-refractivity contribution is -0.120. The molecule has 0 bridgehead atoms. The van der Waals surface area contributed by atoms with Crippen LogP contribution in [-0.4, -0.2) is 22.7 Å². The van der Waals surface area contributed by atoms with Gasteiger partial charge in [0.1, 0.15) is 0 Å². The van der Waals surface area contributed by atoms with Crippen LogP contribution in [0.2, 0.25) is 0 Å². The smallest absolute Gasteiger partial charge is 0.263 e. The number of halogens is 2. The van der Waals surface area contributed by atoms with Crippen LogP contribution in [0.3, 0.4) is 0 Å². The minimum absolute atomic E-state index is 0.253. The lowest BCUT2D eigenvalue weighted by Crippen LogP contribution is -2.47. The molecule has 0 radical (unpaired) electrons. The number of hydrogen-bond acceptors (Lipinski definition) is 2. The molecule has 0 aliphatic carbocycles. The summed E-state index contributed by atoms with van der Waals surface area (Å²) in [5, 5.41) is 0. The standard InChI is InChI=1S/C16H20Cl2N2O2/c17-16(18)10-3-11-20(15(16)22)13-8-6-12(7-9-13)4-1-2-5-14(19)21/h6-9H,1-5,10-11H2,(H2,19,21). The van der Waals surface area contributed by atoms with Gasteiger partial charge in [0.2, 0.25) is 5.91 Å². The van der Waals surface area contributed by atoms with Gasteiger partial charge in [-0.05, 0) is 49.8 Å². The fourth-order valence-electron chi connectivity index (χ4n) is 2.58. The second kappa shape index (κ2) is 7.34. The van der Waals surface area contributed by atoms with Crippen LogP contribution in [0.15, 0.2) is 24.3 Å². The van der Waals surface area contributed by atoms with Crippen molar-refractivity contribution in [2.24, 2.45) is 5.73 Å². The zero-order valence-corrected chi connectivity index (χ0v) is 13.9. The molecule has 1 aliphatic heterocycles. The maximum Gasteiger partial charge on any atom is 0.263 e. The molecule has 4 nitrogen and oxygen atoms in total. The van der Waals surface area contributed by atoms with Crippen LogP contribution in [0.4, 0.5) is 5.69 Å². The van der Waals surface area contributed by atoms with Gasteiger partial charge in [-0.2, -0.15) is 0 Å². The highest BCUT2D eigenvalue weighted by Gasteiger charge is 2.40. The molecule has 2 N–H and O–H groups in total. The average Bonchev–Trinajstić information content (AvgIpc) is 2.47. The van der Waals surface area contributed by atoms with E-state index in [4.69, 9.17) is 28.9 Å². The summed E-state index contributed by atoms with van der Waals surface area (Å²) >= 11 is 12.1. The van der Waals surface area contributed by atoms with E-state index in [1.807, 2.05) is 24.3 Å². The molecule has 2 rings (SSSR count). The van der Waals surface area contributed by atoms with Crippen molar-refractivity contribution in [2.45, 2.75) is 42.9 Å². The molecule has 0 spiro atoms. The van der Waals surface area contributed by atoms with Crippen LogP contribution in [0, 0.1) is 0 Å². The molecule has 1 aromatic carbocycles. The maximum absolute atomic E-state index is 12.2. The summed E-state index contributed by atoms with van der Waals surface area (Å²) in [7, 11) is 0. The van der Waals surface area contributed by atoms with Crippen molar-refractivity contribution in [3.63, 3.8) is 0 Å². The first-order valence-electron chi connectivity index (χ1n) is 7.47. The average molecular weight is 343 g/mol. The molecule has 6 heteroatoms. The summed E-state index contributed by atoms with van der Waals surface area (Å²) < 4.78 is -1.31. The van der Waals surface area contributed by atoms with Crippen molar-refractivity contribution in [3.8, 4) is 0 Å². The Labute approximate surface area is 140 Å². The molecule has 0 aromatic heterocycles. The van der Waals surface area contributed by atoms with E-state index in [0.717, 1.165) is 31.4 Å². The van der Waals surface area contributed by atoms with Crippen molar-refractivity contribution in [3.05, 3.63) is 29.8 Å². The molecular formula is C16H20Cl2N2O2. The second-order valence-corrected chi connectivity index (χ2v) is 7.09. The van der Waals surface area contributed by atoms with Crippen LogP contribution in [0.25, 0.3) is 0 Å². The Morgan fingerprint density at radius 1 is 1.23 bits per heavy atom. The Morgan fingerprint density at radius 3 is 2.55 bits per heavy atom. The van der Waals surface area contributed by atoms with Crippen LogP contribution in [0.5, 0.6) is 0 Å². The van der Waals surface area contributed by atoms with Crippen molar-refractivity contribution >= 4 is 40.7 Å². The zero-order valence-electron chi connectivity index (χ0n) is 12.4. The van der Waals surface area contributed by atoms with Crippen molar-refractivity contribution in [1.82, 2.24) is 0 Å². The molecule has 1 heterocycles. The molecule has 1 saturated heterocycles. The van der Waals surface area contributed by atoms with Gasteiger partial charge in [0.05, 0.1) is 0 Å². The van der Waals surface area contributed by atoms with Gasteiger partial charge in [0, 0.05) is 18.7 Å². The Kier molecular flexibility index (Phi) is 5.70. The molecule has 0 saturated carbocycles. The van der Waals surface area contributed by atoms with Gasteiger partial charge in [-0.25, -0.2) is 0 Å². The van der Waals surface area contributed by atoms with E-state index in [9.17, 15) is 9.59 Å². The number of rotatable bonds is 6. The van der Waals surface area contributed by atoms with E-state index in [1.165, 1.54) is 5.56 Å². The maximum atomic E-state index is 12.2. The lowest BCUT2D eigenvalue weighted by atomic mass is 10.0. The third-order valence-corrected chi connectivity index (χ3v) is 4.52. The topological polar surface area (TPSA) is 63.4 Å². The molecule has 1 aliphatic rings. The molecule has 0 atom stereocenters. The van der Waals surface area contributed by atoms with E-state index in [0.29, 0.717) is 19.4 Å². The molecular weight excluding hydrogens is 323 g/mol. The Bertz CT molecular complexity index is 544. The molecule has 1 aromatic rings. The van der Waals surface area contributed by atoms with Gasteiger partial charge in [-0.15, -0.1) is 0 Å². The number of primary amides is 1. The van der Waals surface area contributed by atoms with Gasteiger partial charge >= 0.3 is 0 Å². The molecule has 0 unspecified atom stereocenters. The van der Waals surface area contributed by atoms with Crippen LogP contribution < -0.4 is 10.6 Å². The monoisotopic (exact) mass is 342 g/mol. The normalized spacial score (nSPS) is 17.5. The number of nitrogens with zero attached hydrogens (tertiary/aromatic N) is 1. The number of hydrogen-bond donors (Lipinski definition) is 1. The van der Waals surface area contributed by atoms with E-state index < -0.39 is 4.33 Å². The molecule has 120 valence electrons. The van der Waals surface area contributed by atoms with Crippen LogP contribution in [-0.2, 0) is 16.0 Å². The second-order valence-electron chi connectivity index (χ2n) is 5.60. The minimum atomic E-state index is -1.31. The number of piperidine rings is 1. The van der Waals surface area contributed by atoms with Gasteiger partial charge in [-0.1, -0.05) is 35.3 Å². The third kappa shape index (κ3) is 4.37. The van der Waals surface area contributed by atoms with Gasteiger partial charge < -0.3 is 10.6 Å². The number of carbonyl (C=O) groups is 2. The summed E-state index contributed by atoms with van der Waals surface area (Å²) in [4.78, 5) is 24.5. The molecule has 1 fully saturated rings. The van der Waals surface area contributed by atoms with Crippen LogP contribution >= 0.6 is 23.2 Å². The number of amides is 2. The fourth-order valence-corrected chi connectivity index (χ4v) is 3.05. The highest BCUT2D eigenvalue weighted by Crippen LogP contribution is 2.35. The number of benzene rings is 1. The van der Waals surface area contributed by atoms with E-state index in [-0.39, 0.29) is 11.8 Å². The SMILES string of the molecule is NC(=O)CCCCc1ccc(N2CCCC(Cl)(Cl)C2=O)cc1. The summed E-state index contributed by atoms with van der Waals surface area (Å²) in [6.45, 7) is 0.637. The first-order valence-corrected chi connectivity index (χ1v) is 8.23. The first-order chi connectivity index (χ1) is 10.4. The van der Waals surface area contributed by atoms with Crippen molar-refractivity contribution in [1.29, 1.82) is 0 Å². The summed E-state index contributed by atoms with van der Waals surface area (Å²) in [5.74, 6) is -0.513. The number of nitrogens with two attached hydrogens (primary N) is 1. The summed E-state index contributed by atoms with van der Waals surface area (Å²) in [6, 6.07) is 7.81. The van der Waals surface area contributed by atoms with E-state index in [2.05, 4.69) is 0 Å². The Balaban J connectivity index is 1.94. The zero-order chi connectivity index (χ0) is 16.2. The number of unbranched alkanes of at least 4 members (excludes halogenated alkanes) is 1. The quantitative estimate of drug-likeness (QED) is 0.637. The van der Waals surface area contributed by atoms with Crippen molar-refractivity contribution < 1.29 is 9.59 Å². The lowest BCUT2D eigenvalue weighted by Gasteiger charge is -2.34. The molecule has 2 amide bonds. The van der Waals surface area contributed by atoms with Crippen molar-refractivity contribution in [2.75, 3.05) is 11.4 Å². The fraction of sp³-hybridized carbons (Fsp3) is 0.500. The predicted octanol–water partition coefficient (Wildman–Crippen LogP) is 3.19.